The van der Waals surface area contributed by atoms with Crippen LogP contribution in [0.2, 0.25) is 0 Å². The van der Waals surface area contributed by atoms with E-state index in [1.807, 2.05) is 4.67 Å². The molecule has 1 aromatic rings. The van der Waals surface area contributed by atoms with E-state index in [0.29, 0.717) is 18.1 Å². The van der Waals surface area contributed by atoms with Crippen molar-refractivity contribution >= 4 is 31.9 Å². The molecule has 1 aromatic heterocycles. The normalized spacial score (nSPS) is 14.6. The minimum absolute atomic E-state index is 0.378. The van der Waals surface area contributed by atoms with E-state index in [9.17, 15) is 4.79 Å². The summed E-state index contributed by atoms with van der Waals surface area (Å²) in [5.74, 6) is 0.535. The molecule has 0 aliphatic carbocycles. The fraction of sp³-hybridized carbons (Fsp3) is 0.250. The Hall–Kier alpha value is -0.860. The summed E-state index contributed by atoms with van der Waals surface area (Å²) in [6.07, 6.45) is 1.41. The van der Waals surface area contributed by atoms with E-state index in [-0.39, 0.29) is 0 Å². The predicted octanol–water partition coefficient (Wildman–Crippen LogP) is 1.45. The van der Waals surface area contributed by atoms with Crippen LogP contribution in [0.4, 0.5) is 5.69 Å². The van der Waals surface area contributed by atoms with Crippen LogP contribution in [-0.2, 0) is 0 Å². The van der Waals surface area contributed by atoms with Gasteiger partial charge in [-0.25, -0.2) is 4.98 Å². The van der Waals surface area contributed by atoms with Crippen molar-refractivity contribution in [2.75, 3.05) is 17.8 Å². The molecule has 1 atom stereocenters. The molecule has 2 rings (SSSR count). The first-order valence-electron chi connectivity index (χ1n) is 4.03. The van der Waals surface area contributed by atoms with E-state index in [0.717, 1.165) is 12.2 Å². The van der Waals surface area contributed by atoms with Crippen molar-refractivity contribution in [1.82, 2.24) is 4.98 Å². The van der Waals surface area contributed by atoms with Gasteiger partial charge in [0.25, 0.3) is 5.24 Å². The lowest BCUT2D eigenvalue weighted by molar-refractivity contribution is 0.108. The Labute approximate surface area is 88.5 Å². The van der Waals surface area contributed by atoms with Gasteiger partial charge in [0.15, 0.2) is 0 Å². The van der Waals surface area contributed by atoms with Crippen molar-refractivity contribution in [1.29, 1.82) is 0 Å². The molecule has 0 amide bonds. The van der Waals surface area contributed by atoms with Crippen molar-refractivity contribution in [3.05, 3.63) is 17.8 Å². The maximum atomic E-state index is 10.9. The van der Waals surface area contributed by atoms with E-state index in [2.05, 4.69) is 14.4 Å². The summed E-state index contributed by atoms with van der Waals surface area (Å²) in [4.78, 5) is 14.9. The summed E-state index contributed by atoms with van der Waals surface area (Å²) in [5, 5.41) is -0.510. The number of aromatic nitrogens is 1. The van der Waals surface area contributed by atoms with E-state index in [1.165, 1.54) is 6.20 Å². The van der Waals surface area contributed by atoms with E-state index >= 15 is 0 Å². The minimum atomic E-state index is -0.510. The molecule has 4 nitrogen and oxygen atoms in total. The van der Waals surface area contributed by atoms with Crippen molar-refractivity contribution in [3.8, 4) is 5.88 Å². The third-order valence-electron chi connectivity index (χ3n) is 1.94. The highest BCUT2D eigenvalue weighted by Gasteiger charge is 2.17. The number of fused-ring (bicyclic) bond motifs is 1. The Kier molecular flexibility index (Phi) is 2.57. The topological polar surface area (TPSA) is 42.4 Å². The number of carbonyl (C=O) groups excluding carboxylic acids is 1. The molecule has 1 aliphatic heterocycles. The summed E-state index contributed by atoms with van der Waals surface area (Å²) in [6.45, 7) is 1.34. The number of halogens is 1. The van der Waals surface area contributed by atoms with Gasteiger partial charge in [0.1, 0.15) is 12.3 Å². The zero-order valence-corrected chi connectivity index (χ0v) is 9.15. The Bertz CT molecular complexity index is 386. The second-order valence-electron chi connectivity index (χ2n) is 2.86. The number of hydrogen-bond acceptors (Lipinski definition) is 4. The molecule has 74 valence electrons. The molecular weight excluding hydrogens is 223 g/mol. The quantitative estimate of drug-likeness (QED) is 0.541. The highest BCUT2D eigenvalue weighted by Crippen LogP contribution is 2.32. The average molecular weight is 231 g/mol. The lowest BCUT2D eigenvalue weighted by atomic mass is 10.2. The molecule has 0 aromatic carbocycles. The molecule has 0 N–H and O–H groups in total. The zero-order valence-electron chi connectivity index (χ0n) is 7.24. The van der Waals surface area contributed by atoms with Crippen molar-refractivity contribution < 1.29 is 9.53 Å². The summed E-state index contributed by atoms with van der Waals surface area (Å²) in [5.41, 5.74) is 1.15. The molecule has 6 heteroatoms. The maximum Gasteiger partial charge on any atom is 0.254 e. The Morgan fingerprint density at radius 3 is 3.21 bits per heavy atom. The number of pyridine rings is 1. The van der Waals surface area contributed by atoms with Gasteiger partial charge in [-0.15, -0.1) is 0 Å². The summed E-state index contributed by atoms with van der Waals surface area (Å²) < 4.78 is 7.21. The number of anilines is 1. The maximum absolute atomic E-state index is 10.9. The molecular formula is C8H8ClN2O2P. The zero-order chi connectivity index (χ0) is 10.1. The number of nitrogens with zero attached hydrogens (tertiary/aromatic N) is 2. The van der Waals surface area contributed by atoms with Crippen molar-refractivity contribution in [2.24, 2.45) is 0 Å². The molecule has 0 saturated heterocycles. The average Bonchev–Trinajstić information content (AvgIpc) is 2.18. The fourth-order valence-corrected chi connectivity index (χ4v) is 1.62. The summed E-state index contributed by atoms with van der Waals surface area (Å²) in [7, 11) is 2.55. The van der Waals surface area contributed by atoms with Crippen molar-refractivity contribution in [2.45, 2.75) is 0 Å². The SMILES string of the molecule is O=C(Cl)c1cnc2c(c1)N(P)CCO2. The van der Waals surface area contributed by atoms with Crippen LogP contribution >= 0.6 is 21.0 Å². The summed E-state index contributed by atoms with van der Waals surface area (Å²) in [6, 6.07) is 1.67. The van der Waals surface area contributed by atoms with Crippen LogP contribution in [-0.4, -0.2) is 23.4 Å². The van der Waals surface area contributed by atoms with Crippen LogP contribution in [0.15, 0.2) is 12.3 Å². The standard InChI is InChI=1S/C8H8ClN2O2P/c9-7(12)5-3-6-8(10-4-5)13-2-1-11(6)14/h3-4H,1-2,14H2. The lowest BCUT2D eigenvalue weighted by Gasteiger charge is -2.26. The molecule has 0 bridgehead atoms. The molecule has 1 aliphatic rings. The van der Waals surface area contributed by atoms with Gasteiger partial charge in [-0.05, 0) is 27.1 Å². The number of rotatable bonds is 1. The first kappa shape index (κ1) is 9.69. The van der Waals surface area contributed by atoms with Gasteiger partial charge < -0.3 is 9.41 Å². The second-order valence-corrected chi connectivity index (χ2v) is 3.83. The molecule has 0 fully saturated rings. The molecule has 2 heterocycles. The Morgan fingerprint density at radius 1 is 1.71 bits per heavy atom. The number of ether oxygens (including phenoxy) is 1. The van der Waals surface area contributed by atoms with Gasteiger partial charge in [-0.3, -0.25) is 4.79 Å². The Balaban J connectivity index is 2.45. The highest BCUT2D eigenvalue weighted by molar-refractivity contribution is 7.19. The molecule has 0 radical (unpaired) electrons. The minimum Gasteiger partial charge on any atom is -0.474 e. The number of carbonyl (C=O) groups is 1. The Morgan fingerprint density at radius 2 is 2.50 bits per heavy atom. The van der Waals surface area contributed by atoms with Crippen LogP contribution in [0.25, 0.3) is 0 Å². The smallest absolute Gasteiger partial charge is 0.254 e. The van der Waals surface area contributed by atoms with E-state index in [4.69, 9.17) is 16.3 Å². The van der Waals surface area contributed by atoms with Crippen molar-refractivity contribution in [3.63, 3.8) is 0 Å². The van der Waals surface area contributed by atoms with Crippen LogP contribution < -0.4 is 9.41 Å². The van der Waals surface area contributed by atoms with Gasteiger partial charge >= 0.3 is 0 Å². The van der Waals surface area contributed by atoms with Gasteiger partial charge in [0.05, 0.1) is 12.1 Å². The molecule has 1 unspecified atom stereocenters. The van der Waals surface area contributed by atoms with Gasteiger partial charge in [-0.1, -0.05) is 0 Å². The van der Waals surface area contributed by atoms with Gasteiger partial charge in [0, 0.05) is 6.20 Å². The van der Waals surface area contributed by atoms with Gasteiger partial charge in [-0.2, -0.15) is 0 Å². The van der Waals surface area contributed by atoms with E-state index < -0.39 is 5.24 Å². The molecule has 0 saturated carbocycles. The summed E-state index contributed by atoms with van der Waals surface area (Å²) >= 11 is 5.35. The second kappa shape index (κ2) is 3.71. The van der Waals surface area contributed by atoms with Crippen LogP contribution in [0, 0.1) is 0 Å². The van der Waals surface area contributed by atoms with Crippen LogP contribution in [0.1, 0.15) is 10.4 Å². The first-order valence-corrected chi connectivity index (χ1v) is 4.93. The first-order chi connectivity index (χ1) is 6.68. The third kappa shape index (κ3) is 1.68. The predicted molar refractivity (Wildman–Crippen MR) is 57.0 cm³/mol. The molecule has 0 spiro atoms. The number of hydrogen-bond donors (Lipinski definition) is 0. The van der Waals surface area contributed by atoms with Crippen LogP contribution in [0.5, 0.6) is 5.88 Å². The highest BCUT2D eigenvalue weighted by atomic mass is 35.5. The lowest BCUT2D eigenvalue weighted by Crippen LogP contribution is -2.24. The molecule has 14 heavy (non-hydrogen) atoms. The van der Waals surface area contributed by atoms with Crippen LogP contribution in [0.3, 0.4) is 0 Å². The monoisotopic (exact) mass is 230 g/mol. The largest absolute Gasteiger partial charge is 0.474 e. The van der Waals surface area contributed by atoms with Gasteiger partial charge in [0.2, 0.25) is 5.88 Å². The fourth-order valence-electron chi connectivity index (χ4n) is 1.23. The third-order valence-corrected chi connectivity index (χ3v) is 2.69. The van der Waals surface area contributed by atoms with E-state index in [1.54, 1.807) is 6.07 Å².